The molecule has 0 amide bonds. The molecule has 1 heterocycles. The first kappa shape index (κ1) is 16.5. The number of aromatic nitrogens is 2. The van der Waals surface area contributed by atoms with Crippen LogP contribution < -0.4 is 15.0 Å². The van der Waals surface area contributed by atoms with Gasteiger partial charge in [-0.05, 0) is 17.7 Å². The van der Waals surface area contributed by atoms with Crippen LogP contribution in [0.4, 0.5) is 4.39 Å². The van der Waals surface area contributed by atoms with E-state index in [0.29, 0.717) is 28.1 Å². The van der Waals surface area contributed by atoms with Crippen LogP contribution in [-0.2, 0) is 6.54 Å². The highest BCUT2D eigenvalue weighted by molar-refractivity contribution is 5.79. The quantitative estimate of drug-likeness (QED) is 0.730. The Hall–Kier alpha value is -3.40. The van der Waals surface area contributed by atoms with Crippen molar-refractivity contribution in [1.82, 2.24) is 9.55 Å². The van der Waals surface area contributed by atoms with Crippen LogP contribution in [0.2, 0.25) is 0 Å². The van der Waals surface area contributed by atoms with Crippen molar-refractivity contribution in [3.63, 3.8) is 0 Å². The maximum absolute atomic E-state index is 13.3. The average Bonchev–Trinajstić information content (AvgIpc) is 2.63. The number of hydrogen-bond acceptors (Lipinski definition) is 5. The molecule has 3 rings (SSSR count). The second-order valence-electron chi connectivity index (χ2n) is 5.29. The molecule has 0 fully saturated rings. The minimum absolute atomic E-state index is 0.108. The zero-order chi connectivity index (χ0) is 18.0. The number of nitriles is 1. The molecular weight excluding hydrogens is 325 g/mol. The normalized spacial score (nSPS) is 10.5. The predicted octanol–water partition coefficient (Wildman–Crippen LogP) is 2.47. The first-order chi connectivity index (χ1) is 12.1. The molecule has 0 aliphatic rings. The lowest BCUT2D eigenvalue weighted by Crippen LogP contribution is -2.21. The third kappa shape index (κ3) is 3.02. The summed E-state index contributed by atoms with van der Waals surface area (Å²) in [4.78, 5) is 16.5. The van der Waals surface area contributed by atoms with Gasteiger partial charge in [-0.3, -0.25) is 4.79 Å². The molecule has 0 radical (unpaired) electrons. The fraction of sp³-hybridized carbons (Fsp3) is 0.167. The van der Waals surface area contributed by atoms with E-state index in [2.05, 4.69) is 4.98 Å². The predicted molar refractivity (Wildman–Crippen MR) is 89.3 cm³/mol. The van der Waals surface area contributed by atoms with Gasteiger partial charge in [0.2, 0.25) is 0 Å². The van der Waals surface area contributed by atoms with Crippen LogP contribution >= 0.6 is 0 Å². The van der Waals surface area contributed by atoms with Crippen molar-refractivity contribution in [3.8, 4) is 17.6 Å². The minimum Gasteiger partial charge on any atom is -0.493 e. The van der Waals surface area contributed by atoms with Gasteiger partial charge in [-0.25, -0.2) is 9.37 Å². The van der Waals surface area contributed by atoms with E-state index >= 15 is 0 Å². The molecule has 0 N–H and O–H groups in total. The number of methoxy groups -OCH3 is 2. The summed E-state index contributed by atoms with van der Waals surface area (Å²) >= 11 is 0. The molecule has 0 atom stereocenters. The number of rotatable bonds is 4. The van der Waals surface area contributed by atoms with Gasteiger partial charge in [0.25, 0.3) is 5.56 Å². The van der Waals surface area contributed by atoms with E-state index in [-0.39, 0.29) is 17.7 Å². The first-order valence-corrected chi connectivity index (χ1v) is 7.37. The third-order valence-corrected chi connectivity index (χ3v) is 3.87. The number of ether oxygens (including phenoxy) is 2. The second-order valence-corrected chi connectivity index (χ2v) is 5.29. The molecule has 126 valence electrons. The van der Waals surface area contributed by atoms with Crippen LogP contribution in [0.5, 0.6) is 11.5 Å². The van der Waals surface area contributed by atoms with Gasteiger partial charge in [0.15, 0.2) is 11.5 Å². The first-order valence-electron chi connectivity index (χ1n) is 7.37. The Labute approximate surface area is 142 Å². The van der Waals surface area contributed by atoms with Gasteiger partial charge in [0, 0.05) is 12.1 Å². The number of benzene rings is 2. The molecule has 2 aromatic carbocycles. The van der Waals surface area contributed by atoms with E-state index in [1.807, 2.05) is 6.07 Å². The van der Waals surface area contributed by atoms with Crippen LogP contribution in [0.15, 0.2) is 41.3 Å². The van der Waals surface area contributed by atoms with Gasteiger partial charge in [-0.2, -0.15) is 5.26 Å². The molecule has 0 saturated carbocycles. The average molecular weight is 339 g/mol. The summed E-state index contributed by atoms with van der Waals surface area (Å²) in [7, 11) is 3.01. The molecule has 0 saturated heterocycles. The summed E-state index contributed by atoms with van der Waals surface area (Å²) in [5.41, 5.74) is 1.44. The highest BCUT2D eigenvalue weighted by atomic mass is 19.1. The highest BCUT2D eigenvalue weighted by Crippen LogP contribution is 2.31. The summed E-state index contributed by atoms with van der Waals surface area (Å²) in [5, 5.41) is 9.20. The summed E-state index contributed by atoms with van der Waals surface area (Å²) < 4.78 is 25.3. The fourth-order valence-electron chi connectivity index (χ4n) is 2.61. The van der Waals surface area contributed by atoms with E-state index in [0.717, 1.165) is 6.07 Å². The maximum Gasteiger partial charge on any atom is 0.269 e. The van der Waals surface area contributed by atoms with Gasteiger partial charge < -0.3 is 14.0 Å². The molecular formula is C18H14FN3O3. The summed E-state index contributed by atoms with van der Waals surface area (Å²) in [6, 6.07) is 9.16. The Kier molecular flexibility index (Phi) is 4.35. The minimum atomic E-state index is -0.501. The van der Waals surface area contributed by atoms with Crippen molar-refractivity contribution in [1.29, 1.82) is 5.26 Å². The van der Waals surface area contributed by atoms with E-state index < -0.39 is 5.82 Å². The van der Waals surface area contributed by atoms with Crippen LogP contribution in [0.3, 0.4) is 0 Å². The molecule has 25 heavy (non-hydrogen) atoms. The molecule has 0 aliphatic heterocycles. The van der Waals surface area contributed by atoms with Crippen molar-refractivity contribution in [2.45, 2.75) is 6.54 Å². The zero-order valence-corrected chi connectivity index (χ0v) is 13.6. The van der Waals surface area contributed by atoms with Crippen molar-refractivity contribution >= 4 is 11.0 Å². The van der Waals surface area contributed by atoms with Gasteiger partial charge in [-0.15, -0.1) is 0 Å². The lowest BCUT2D eigenvalue weighted by Gasteiger charge is -2.14. The van der Waals surface area contributed by atoms with Gasteiger partial charge in [0.05, 0.1) is 49.6 Å². The molecule has 0 bridgehead atoms. The molecule has 6 nitrogen and oxygen atoms in total. The second kappa shape index (κ2) is 6.61. The van der Waals surface area contributed by atoms with E-state index in [1.165, 1.54) is 37.1 Å². The number of halogens is 1. The van der Waals surface area contributed by atoms with Gasteiger partial charge in [-0.1, -0.05) is 6.07 Å². The zero-order valence-electron chi connectivity index (χ0n) is 13.6. The van der Waals surface area contributed by atoms with E-state index in [1.54, 1.807) is 12.1 Å². The third-order valence-electron chi connectivity index (χ3n) is 3.87. The fourth-order valence-corrected chi connectivity index (χ4v) is 2.61. The summed E-state index contributed by atoms with van der Waals surface area (Å²) in [5.74, 6) is 0.446. The maximum atomic E-state index is 13.3. The van der Waals surface area contributed by atoms with Crippen LogP contribution in [0, 0.1) is 17.1 Å². The number of nitrogens with zero attached hydrogens (tertiary/aromatic N) is 3. The van der Waals surface area contributed by atoms with Crippen LogP contribution in [-0.4, -0.2) is 23.8 Å². The Morgan fingerprint density at radius 2 is 1.92 bits per heavy atom. The summed E-state index contributed by atoms with van der Waals surface area (Å²) in [6.45, 7) is 0.108. The summed E-state index contributed by atoms with van der Waals surface area (Å²) in [6.07, 6.45) is 1.20. The van der Waals surface area contributed by atoms with Crippen LogP contribution in [0.25, 0.3) is 11.0 Å². The lowest BCUT2D eigenvalue weighted by atomic mass is 10.1. The lowest BCUT2D eigenvalue weighted by molar-refractivity contribution is 0.355. The Balaban J connectivity index is 2.21. The SMILES string of the molecule is COc1cc2ncc(=O)n(Cc3ccc(F)cc3C#N)c2cc1OC. The Bertz CT molecular complexity index is 1050. The van der Waals surface area contributed by atoms with Crippen LogP contribution in [0.1, 0.15) is 11.1 Å². The largest absolute Gasteiger partial charge is 0.493 e. The van der Waals surface area contributed by atoms with Crippen molar-refractivity contribution in [3.05, 3.63) is 63.8 Å². The molecule has 3 aromatic rings. The van der Waals surface area contributed by atoms with Crippen molar-refractivity contribution in [2.24, 2.45) is 0 Å². The van der Waals surface area contributed by atoms with Gasteiger partial charge >= 0.3 is 0 Å². The molecule has 0 aliphatic carbocycles. The van der Waals surface area contributed by atoms with Gasteiger partial charge in [0.1, 0.15) is 5.82 Å². The smallest absolute Gasteiger partial charge is 0.269 e. The van der Waals surface area contributed by atoms with E-state index in [9.17, 15) is 14.4 Å². The molecule has 0 unspecified atom stereocenters. The standard InChI is InChI=1S/C18H14FN3O3/c1-24-16-6-14-15(7-17(16)25-2)22(18(23)9-21-14)10-11-3-4-13(19)5-12(11)8-20/h3-7,9H,10H2,1-2H3. The topological polar surface area (TPSA) is 77.1 Å². The Morgan fingerprint density at radius 1 is 1.20 bits per heavy atom. The Morgan fingerprint density at radius 3 is 2.60 bits per heavy atom. The molecule has 0 spiro atoms. The number of fused-ring (bicyclic) bond motifs is 1. The van der Waals surface area contributed by atoms with Crippen molar-refractivity contribution in [2.75, 3.05) is 14.2 Å². The highest BCUT2D eigenvalue weighted by Gasteiger charge is 2.13. The van der Waals surface area contributed by atoms with Crippen molar-refractivity contribution < 1.29 is 13.9 Å². The number of hydrogen-bond donors (Lipinski definition) is 0. The molecule has 1 aromatic heterocycles. The molecule has 7 heteroatoms. The van der Waals surface area contributed by atoms with E-state index in [4.69, 9.17) is 9.47 Å². The monoisotopic (exact) mass is 339 g/mol.